The van der Waals surface area contributed by atoms with Crippen molar-refractivity contribution >= 4 is 85.4 Å². The summed E-state index contributed by atoms with van der Waals surface area (Å²) in [4.78, 5) is 206. The van der Waals surface area contributed by atoms with Crippen LogP contribution >= 0.6 is 0 Å². The van der Waals surface area contributed by atoms with E-state index in [1.807, 2.05) is 6.92 Å². The van der Waals surface area contributed by atoms with E-state index in [-0.39, 0.29) is 126 Å². The van der Waals surface area contributed by atoms with Crippen LogP contribution in [0.2, 0.25) is 0 Å². The number of imidazole rings is 5. The van der Waals surface area contributed by atoms with Gasteiger partial charge in [-0.15, -0.1) is 0 Å². The fraction of sp³-hybridized carbons (Fsp3) is 0.600. The quantitative estimate of drug-likeness (QED) is 0.0295. The Balaban J connectivity index is 0.000000204. The molecule has 0 atom stereocenters. The van der Waals surface area contributed by atoms with E-state index in [1.54, 1.807) is 35.2 Å². The number of nitrogens with one attached hydrogen (secondary N) is 5. The van der Waals surface area contributed by atoms with Crippen molar-refractivity contribution in [2.24, 2.45) is 70.5 Å². The Morgan fingerprint density at radius 3 is 0.763 bits per heavy atom. The molecule has 0 aromatic carbocycles. The lowest BCUT2D eigenvalue weighted by atomic mass is 10.1. The van der Waals surface area contributed by atoms with E-state index >= 15 is 0 Å². The van der Waals surface area contributed by atoms with Crippen LogP contribution in [0.3, 0.4) is 0 Å². The predicted molar refractivity (Wildman–Crippen MR) is 444 cm³/mol. The molecule has 2 fully saturated rings. The minimum absolute atomic E-state index is 0. The van der Waals surface area contributed by atoms with Gasteiger partial charge in [-0.3, -0.25) is 98.5 Å². The molecule has 0 bridgehead atoms. The number of fused-ring (bicyclic) bond motifs is 5. The molecule has 646 valence electrons. The molecule has 118 heavy (non-hydrogen) atoms. The number of aromatic nitrogens is 20. The fourth-order valence-electron chi connectivity index (χ4n) is 13.3. The molecule has 5 N–H and O–H groups in total. The first-order valence-corrected chi connectivity index (χ1v) is 39.3. The normalized spacial score (nSPS) is 12.9. The van der Waals surface area contributed by atoms with Crippen molar-refractivity contribution in [1.29, 1.82) is 0 Å². The summed E-state index contributed by atoms with van der Waals surface area (Å²) in [5.41, 5.74) is -1.76. The van der Waals surface area contributed by atoms with Gasteiger partial charge in [0.1, 0.15) is 32.7 Å². The van der Waals surface area contributed by atoms with Crippen LogP contribution in [0.25, 0.3) is 55.8 Å². The van der Waals surface area contributed by atoms with E-state index < -0.39 is 56.2 Å². The van der Waals surface area contributed by atoms with Crippen molar-refractivity contribution in [3.05, 3.63) is 136 Å². The van der Waals surface area contributed by atoms with Gasteiger partial charge in [-0.05, 0) is 71.1 Å². The Hall–Kier alpha value is -12.0. The van der Waals surface area contributed by atoms with Crippen LogP contribution < -0.4 is 82.8 Å². The molecule has 0 radical (unpaired) electrons. The molecule has 10 aromatic rings. The van der Waals surface area contributed by atoms with Gasteiger partial charge in [-0.25, -0.2) is 48.9 Å². The molecule has 12 heterocycles. The highest BCUT2D eigenvalue weighted by Gasteiger charge is 2.23. The molecule has 0 unspecified atom stereocenters. The summed E-state index contributed by atoms with van der Waals surface area (Å²) >= 11 is 0. The SMILES string of the molecule is C.CCCCCNC(=O)Cn1cnc2c1c(=O)n(C)c(=O)n2C.CCCCCNC(=O)Cn1cnc2c1c(=O)n(C)c(=O)n2C.CCCCNC(=O)Cn1cnc2c1c(=O)n(C)c(=O)n2C.Cn1c(=O)c2c(ncn2CC(=O)NCCCN2CCCCC2)n(C)c1=O.Cn1c(=O)c2c(ncn2CC(=O)NCCCN2CCOCC2)n(C)c1=O. The summed E-state index contributed by atoms with van der Waals surface area (Å²) in [6.07, 6.45) is 20.8. The van der Waals surface area contributed by atoms with Gasteiger partial charge in [0.2, 0.25) is 29.5 Å². The summed E-state index contributed by atoms with van der Waals surface area (Å²) in [6, 6.07) is 0. The number of nitrogens with zero attached hydrogens (tertiary/aromatic N) is 22. The van der Waals surface area contributed by atoms with Crippen molar-refractivity contribution in [3.8, 4) is 0 Å². The molecule has 5 amide bonds. The van der Waals surface area contributed by atoms with Crippen molar-refractivity contribution in [3.63, 3.8) is 0 Å². The highest BCUT2D eigenvalue weighted by molar-refractivity contribution is 5.82. The summed E-state index contributed by atoms with van der Waals surface area (Å²) in [5, 5.41) is 14.2. The molecule has 2 aliphatic heterocycles. The van der Waals surface area contributed by atoms with Gasteiger partial charge >= 0.3 is 28.4 Å². The van der Waals surface area contributed by atoms with Gasteiger partial charge in [-0.2, -0.15) is 0 Å². The van der Waals surface area contributed by atoms with Crippen molar-refractivity contribution < 1.29 is 28.7 Å². The first-order valence-electron chi connectivity index (χ1n) is 39.3. The van der Waals surface area contributed by atoms with Gasteiger partial charge in [0, 0.05) is 116 Å². The third-order valence-corrected chi connectivity index (χ3v) is 20.2. The highest BCUT2D eigenvalue weighted by Crippen LogP contribution is 2.12. The second-order valence-corrected chi connectivity index (χ2v) is 28.8. The second-order valence-electron chi connectivity index (χ2n) is 28.8. The lowest BCUT2D eigenvalue weighted by molar-refractivity contribution is -0.122. The van der Waals surface area contributed by atoms with Crippen LogP contribution in [-0.2, 0) is 132 Å². The van der Waals surface area contributed by atoms with E-state index in [0.29, 0.717) is 32.7 Å². The first kappa shape index (κ1) is 93.1. The van der Waals surface area contributed by atoms with Crippen molar-refractivity contribution in [2.45, 2.75) is 144 Å². The number of rotatable bonds is 29. The summed E-state index contributed by atoms with van der Waals surface area (Å²) in [6.45, 7) is 16.9. The average Bonchev–Trinajstić information content (AvgIpc) is 1.60. The zero-order valence-electron chi connectivity index (χ0n) is 69.2. The molecule has 43 heteroatoms. The van der Waals surface area contributed by atoms with Crippen LogP contribution in [-0.4, -0.2) is 218 Å². The standard InChI is InChI=1S/C17H26N6O3.C16H24N6O4.2C14H21N5O3.C13H19N5O3.CH4/c1-20-15-14(16(25)21(2)17(20)26)23(12-19-15)11-13(24)18-7-6-10-22-8-4-3-5-9-22;1-19-14-13(15(24)20(2)16(19)25)22(11-18-14)10-12(23)17-4-3-5-21-6-8-26-9-7-21;2*1-4-5-6-7-15-10(20)8-19-9-16-12-11(19)13(21)18(3)14(22)17(12)2;1-4-5-6-14-9(19)7-18-8-15-11-10(18)12(20)17(3)13(21)16(11)2;/h12H,3-11H2,1-2H3,(H,18,24);11H,3-10H2,1-2H3,(H,17,23);2*9H,4-8H2,1-3H3,(H,15,20);8H,4-7H2,1-3H3,(H,14,19);1H4. The Bertz CT molecular complexity index is 5540. The monoisotopic (exact) mass is 1650 g/mol. The number of piperidine rings is 1. The number of hydrogen-bond donors (Lipinski definition) is 5. The topological polar surface area (TPSA) is 470 Å². The van der Waals surface area contributed by atoms with E-state index in [2.05, 4.69) is 75.2 Å². The zero-order valence-corrected chi connectivity index (χ0v) is 69.2. The first-order chi connectivity index (χ1) is 55.9. The molecule has 0 spiro atoms. The molecular formula is C75H115N27O16. The third-order valence-electron chi connectivity index (χ3n) is 20.2. The van der Waals surface area contributed by atoms with E-state index in [0.717, 1.165) is 140 Å². The van der Waals surface area contributed by atoms with Crippen LogP contribution in [0, 0.1) is 0 Å². The number of morpholine rings is 1. The number of hydrogen-bond acceptors (Lipinski definition) is 23. The maximum atomic E-state index is 12.4. The Labute approximate surface area is 677 Å². The number of likely N-dealkylation sites (tertiary alicyclic amines) is 1. The fourth-order valence-corrected chi connectivity index (χ4v) is 13.3. The van der Waals surface area contributed by atoms with Gasteiger partial charge in [0.05, 0.1) is 44.9 Å². The van der Waals surface area contributed by atoms with Gasteiger partial charge < -0.3 is 59.1 Å². The average molecular weight is 1650 g/mol. The molecular weight excluding hydrogens is 1530 g/mol. The zero-order chi connectivity index (χ0) is 85.5. The summed E-state index contributed by atoms with van der Waals surface area (Å²) in [5.74, 6) is -0.891. The second kappa shape index (κ2) is 43.8. The molecule has 0 saturated carbocycles. The van der Waals surface area contributed by atoms with Gasteiger partial charge in [0.15, 0.2) is 55.8 Å². The minimum Gasteiger partial charge on any atom is -0.379 e. The molecule has 43 nitrogen and oxygen atoms in total. The molecule has 0 aliphatic carbocycles. The van der Waals surface area contributed by atoms with Crippen LogP contribution in [0.5, 0.6) is 0 Å². The number of amides is 5. The molecule has 2 aliphatic rings. The third kappa shape index (κ3) is 22.8. The summed E-state index contributed by atoms with van der Waals surface area (Å²) in [7, 11) is 14.8. The Morgan fingerprint density at radius 2 is 0.525 bits per heavy atom. The largest absolute Gasteiger partial charge is 0.379 e. The van der Waals surface area contributed by atoms with E-state index in [4.69, 9.17) is 4.74 Å². The van der Waals surface area contributed by atoms with Crippen LogP contribution in [0.15, 0.2) is 79.6 Å². The Morgan fingerprint density at radius 1 is 0.305 bits per heavy atom. The van der Waals surface area contributed by atoms with Crippen molar-refractivity contribution in [1.82, 2.24) is 130 Å². The maximum absolute atomic E-state index is 12.4. The highest BCUT2D eigenvalue weighted by atomic mass is 16.5. The minimum atomic E-state index is -0.458. The number of aryl methyl sites for hydroxylation is 5. The Kier molecular flexibility index (Phi) is 34.6. The van der Waals surface area contributed by atoms with Crippen molar-refractivity contribution in [2.75, 3.05) is 85.2 Å². The van der Waals surface area contributed by atoms with Gasteiger partial charge in [0.25, 0.3) is 27.8 Å². The van der Waals surface area contributed by atoms with E-state index in [1.165, 1.54) is 132 Å². The predicted octanol–water partition coefficient (Wildman–Crippen LogP) is -2.84. The molecule has 12 rings (SSSR count). The molecule has 10 aromatic heterocycles. The number of carbonyl (C=O) groups excluding carboxylic acids is 5. The number of carbonyl (C=O) groups is 5. The van der Waals surface area contributed by atoms with E-state index in [9.17, 15) is 71.9 Å². The smallest absolute Gasteiger partial charge is 0.332 e. The molecule has 2 saturated heterocycles. The maximum Gasteiger partial charge on any atom is 0.332 e. The lowest BCUT2D eigenvalue weighted by Crippen LogP contribution is -2.39. The van der Waals surface area contributed by atoms with Gasteiger partial charge in [-0.1, -0.05) is 66.7 Å². The van der Waals surface area contributed by atoms with Crippen LogP contribution in [0.4, 0.5) is 0 Å². The summed E-state index contributed by atoms with van der Waals surface area (Å²) < 4.78 is 24.3. The lowest BCUT2D eigenvalue weighted by Gasteiger charge is -2.26. The van der Waals surface area contributed by atoms with Crippen LogP contribution in [0.1, 0.15) is 112 Å². The number of ether oxygens (including phenoxy) is 1. The number of unbranched alkanes of at least 4 members (excludes halogenated alkanes) is 5.